The zero-order valence-electron chi connectivity index (χ0n) is 9.12. The Hall–Kier alpha value is -1.30. The molecule has 0 aliphatic carbocycles. The van der Waals surface area contributed by atoms with E-state index in [2.05, 4.69) is 10.6 Å². The summed E-state index contributed by atoms with van der Waals surface area (Å²) >= 11 is 0. The van der Waals surface area contributed by atoms with Crippen LogP contribution >= 0.6 is 0 Å². The van der Waals surface area contributed by atoms with Crippen LogP contribution in [0.1, 0.15) is 13.8 Å². The average molecular weight is 214 g/mol. The summed E-state index contributed by atoms with van der Waals surface area (Å²) in [6, 6.07) is -0.921. The molecule has 1 saturated heterocycles. The Morgan fingerprint density at radius 2 is 2.27 bits per heavy atom. The molecule has 1 aliphatic rings. The highest BCUT2D eigenvalue weighted by molar-refractivity contribution is 5.86. The average Bonchev–Trinajstić information content (AvgIpc) is 2.15. The SMILES string of the molecule is CC1CN(C(=O)C(C)NC(N)=O)CCN1. The second-order valence-electron chi connectivity index (χ2n) is 3.87. The van der Waals surface area contributed by atoms with Gasteiger partial charge in [0, 0.05) is 25.7 Å². The van der Waals surface area contributed by atoms with Gasteiger partial charge in [-0.25, -0.2) is 4.79 Å². The quantitative estimate of drug-likeness (QED) is 0.543. The number of carbonyl (C=O) groups is 2. The van der Waals surface area contributed by atoms with Crippen LogP contribution in [0.4, 0.5) is 4.79 Å². The van der Waals surface area contributed by atoms with E-state index in [0.29, 0.717) is 19.1 Å². The van der Waals surface area contributed by atoms with Crippen LogP contribution in [-0.2, 0) is 4.79 Å². The first kappa shape index (κ1) is 11.8. The summed E-state index contributed by atoms with van der Waals surface area (Å²) < 4.78 is 0. The number of nitrogens with zero attached hydrogens (tertiary/aromatic N) is 1. The Bertz CT molecular complexity index is 256. The van der Waals surface area contributed by atoms with Gasteiger partial charge in [0.05, 0.1) is 0 Å². The van der Waals surface area contributed by atoms with E-state index in [9.17, 15) is 9.59 Å². The monoisotopic (exact) mass is 214 g/mol. The highest BCUT2D eigenvalue weighted by atomic mass is 16.2. The first-order valence-electron chi connectivity index (χ1n) is 5.09. The summed E-state index contributed by atoms with van der Waals surface area (Å²) in [7, 11) is 0. The highest BCUT2D eigenvalue weighted by Crippen LogP contribution is 2.01. The van der Waals surface area contributed by atoms with Gasteiger partial charge in [-0.3, -0.25) is 4.79 Å². The molecule has 0 saturated carbocycles. The van der Waals surface area contributed by atoms with E-state index in [1.807, 2.05) is 6.92 Å². The summed E-state index contributed by atoms with van der Waals surface area (Å²) in [4.78, 5) is 24.1. The van der Waals surface area contributed by atoms with Gasteiger partial charge in [0.2, 0.25) is 5.91 Å². The van der Waals surface area contributed by atoms with Gasteiger partial charge < -0.3 is 21.3 Å². The zero-order valence-corrected chi connectivity index (χ0v) is 9.12. The number of primary amides is 1. The van der Waals surface area contributed by atoms with Gasteiger partial charge >= 0.3 is 6.03 Å². The number of urea groups is 1. The molecule has 1 fully saturated rings. The van der Waals surface area contributed by atoms with E-state index in [4.69, 9.17) is 5.73 Å². The van der Waals surface area contributed by atoms with Crippen LogP contribution in [0.5, 0.6) is 0 Å². The van der Waals surface area contributed by atoms with Crippen molar-refractivity contribution in [2.75, 3.05) is 19.6 Å². The molecule has 6 heteroatoms. The van der Waals surface area contributed by atoms with Crippen LogP contribution in [-0.4, -0.2) is 48.6 Å². The van der Waals surface area contributed by atoms with Crippen molar-refractivity contribution in [1.29, 1.82) is 0 Å². The highest BCUT2D eigenvalue weighted by Gasteiger charge is 2.24. The Balaban J connectivity index is 2.47. The Labute approximate surface area is 89.2 Å². The van der Waals surface area contributed by atoms with Gasteiger partial charge in [-0.2, -0.15) is 0 Å². The predicted molar refractivity (Wildman–Crippen MR) is 56.2 cm³/mol. The topological polar surface area (TPSA) is 87.5 Å². The minimum Gasteiger partial charge on any atom is -0.352 e. The van der Waals surface area contributed by atoms with Gasteiger partial charge in [0.15, 0.2) is 0 Å². The van der Waals surface area contributed by atoms with E-state index in [0.717, 1.165) is 6.54 Å². The van der Waals surface area contributed by atoms with E-state index in [1.54, 1.807) is 11.8 Å². The molecule has 0 spiro atoms. The lowest BCUT2D eigenvalue weighted by molar-refractivity contribution is -0.133. The van der Waals surface area contributed by atoms with E-state index in [-0.39, 0.29) is 5.91 Å². The van der Waals surface area contributed by atoms with E-state index >= 15 is 0 Å². The van der Waals surface area contributed by atoms with Gasteiger partial charge in [0.1, 0.15) is 6.04 Å². The lowest BCUT2D eigenvalue weighted by atomic mass is 10.2. The Morgan fingerprint density at radius 3 is 2.80 bits per heavy atom. The second kappa shape index (κ2) is 4.97. The van der Waals surface area contributed by atoms with Gasteiger partial charge in [-0.1, -0.05) is 0 Å². The minimum absolute atomic E-state index is 0.0813. The summed E-state index contributed by atoms with van der Waals surface area (Å²) in [6.45, 7) is 5.79. The largest absolute Gasteiger partial charge is 0.352 e. The van der Waals surface area contributed by atoms with Crippen LogP contribution in [0.25, 0.3) is 0 Å². The van der Waals surface area contributed by atoms with E-state index in [1.165, 1.54) is 0 Å². The Morgan fingerprint density at radius 1 is 1.60 bits per heavy atom. The number of hydrogen-bond donors (Lipinski definition) is 3. The van der Waals surface area contributed by atoms with Crippen LogP contribution < -0.4 is 16.4 Å². The number of rotatable bonds is 2. The lowest BCUT2D eigenvalue weighted by Gasteiger charge is -2.33. The summed E-state index contributed by atoms with van der Waals surface area (Å²) in [5.41, 5.74) is 4.95. The third-order valence-electron chi connectivity index (χ3n) is 2.41. The first-order valence-corrected chi connectivity index (χ1v) is 5.09. The number of nitrogens with one attached hydrogen (secondary N) is 2. The molecule has 0 radical (unpaired) electrons. The zero-order chi connectivity index (χ0) is 11.4. The molecule has 3 amide bonds. The Kier molecular flexibility index (Phi) is 3.90. The number of nitrogens with two attached hydrogens (primary N) is 1. The lowest BCUT2D eigenvalue weighted by Crippen LogP contribution is -2.56. The molecule has 15 heavy (non-hydrogen) atoms. The third-order valence-corrected chi connectivity index (χ3v) is 2.41. The molecule has 86 valence electrons. The van der Waals surface area contributed by atoms with Crippen molar-refractivity contribution in [3.8, 4) is 0 Å². The molecule has 2 unspecified atom stereocenters. The number of amides is 3. The molecule has 1 heterocycles. The van der Waals surface area contributed by atoms with Crippen molar-refractivity contribution in [2.24, 2.45) is 5.73 Å². The summed E-state index contributed by atoms with van der Waals surface area (Å²) in [6.07, 6.45) is 0. The maximum atomic E-state index is 11.8. The van der Waals surface area contributed by atoms with Crippen molar-refractivity contribution in [3.05, 3.63) is 0 Å². The fourth-order valence-electron chi connectivity index (χ4n) is 1.68. The van der Waals surface area contributed by atoms with Crippen molar-refractivity contribution >= 4 is 11.9 Å². The van der Waals surface area contributed by atoms with Gasteiger partial charge in [-0.15, -0.1) is 0 Å². The van der Waals surface area contributed by atoms with Gasteiger partial charge in [-0.05, 0) is 13.8 Å². The fraction of sp³-hybridized carbons (Fsp3) is 0.778. The molecule has 1 aliphatic heterocycles. The van der Waals surface area contributed by atoms with Gasteiger partial charge in [0.25, 0.3) is 0 Å². The summed E-state index contributed by atoms with van der Waals surface area (Å²) in [5, 5.41) is 5.62. The number of piperazine rings is 1. The second-order valence-corrected chi connectivity index (χ2v) is 3.87. The normalized spacial score (nSPS) is 23.3. The molecule has 0 aromatic carbocycles. The van der Waals surface area contributed by atoms with Crippen molar-refractivity contribution in [3.63, 3.8) is 0 Å². The van der Waals surface area contributed by atoms with Crippen molar-refractivity contribution in [2.45, 2.75) is 25.9 Å². The first-order chi connectivity index (χ1) is 7.00. The maximum Gasteiger partial charge on any atom is 0.312 e. The van der Waals surface area contributed by atoms with Crippen molar-refractivity contribution < 1.29 is 9.59 Å². The molecular weight excluding hydrogens is 196 g/mol. The summed E-state index contributed by atoms with van der Waals surface area (Å²) in [5.74, 6) is -0.0813. The smallest absolute Gasteiger partial charge is 0.312 e. The third kappa shape index (κ3) is 3.39. The maximum absolute atomic E-state index is 11.8. The standard InChI is InChI=1S/C9H18N4O2/c1-6-5-13(4-3-11-6)8(14)7(2)12-9(10)15/h6-7,11H,3-5H2,1-2H3,(H3,10,12,15). The minimum atomic E-state index is -0.668. The molecule has 0 aromatic rings. The van der Waals surface area contributed by atoms with Crippen LogP contribution in [0.15, 0.2) is 0 Å². The number of hydrogen-bond acceptors (Lipinski definition) is 3. The fourth-order valence-corrected chi connectivity index (χ4v) is 1.68. The van der Waals surface area contributed by atoms with E-state index < -0.39 is 12.1 Å². The molecule has 4 N–H and O–H groups in total. The predicted octanol–water partition coefficient (Wildman–Crippen LogP) is -1.14. The molecular formula is C9H18N4O2. The molecule has 6 nitrogen and oxygen atoms in total. The van der Waals surface area contributed by atoms with Crippen LogP contribution in [0.3, 0.4) is 0 Å². The molecule has 0 aromatic heterocycles. The molecule has 2 atom stereocenters. The molecule has 1 rings (SSSR count). The van der Waals surface area contributed by atoms with Crippen LogP contribution in [0.2, 0.25) is 0 Å². The van der Waals surface area contributed by atoms with Crippen LogP contribution in [0, 0.1) is 0 Å². The van der Waals surface area contributed by atoms with Crippen molar-refractivity contribution in [1.82, 2.24) is 15.5 Å². The molecule has 0 bridgehead atoms. The number of carbonyl (C=O) groups excluding carboxylic acids is 2.